The van der Waals surface area contributed by atoms with Crippen molar-refractivity contribution >= 4 is 11.8 Å². The van der Waals surface area contributed by atoms with Gasteiger partial charge in [-0.1, -0.05) is 60.7 Å². The van der Waals surface area contributed by atoms with Crippen LogP contribution in [-0.2, 0) is 9.59 Å². The number of aliphatic hydroxyl groups excluding tert-OH is 2. The molecule has 4 atom stereocenters. The molecule has 162 valence electrons. The van der Waals surface area contributed by atoms with E-state index in [4.69, 9.17) is 0 Å². The highest BCUT2D eigenvalue weighted by atomic mass is 16.3. The molecule has 0 saturated heterocycles. The van der Waals surface area contributed by atoms with Gasteiger partial charge >= 0.3 is 0 Å². The first kappa shape index (κ1) is 23.6. The quantitative estimate of drug-likeness (QED) is 0.426. The molecule has 0 unspecified atom stereocenters. The molecule has 0 radical (unpaired) electrons. The van der Waals surface area contributed by atoms with Gasteiger partial charge in [0.1, 0.15) is 0 Å². The normalized spacial score (nSPS) is 14.9. The van der Waals surface area contributed by atoms with Crippen LogP contribution in [0.3, 0.4) is 0 Å². The second kappa shape index (κ2) is 12.1. The first-order chi connectivity index (χ1) is 14.4. The largest absolute Gasteiger partial charge is 0.386 e. The third-order valence-corrected chi connectivity index (χ3v) is 5.06. The lowest BCUT2D eigenvalue weighted by Crippen LogP contribution is -2.37. The highest BCUT2D eigenvalue weighted by Crippen LogP contribution is 2.17. The molecule has 30 heavy (non-hydrogen) atoms. The summed E-state index contributed by atoms with van der Waals surface area (Å²) in [5.41, 5.74) is 1.52. The van der Waals surface area contributed by atoms with E-state index in [2.05, 4.69) is 10.6 Å². The molecular weight excluding hydrogens is 380 g/mol. The minimum absolute atomic E-state index is 0.147. The molecule has 0 saturated carbocycles. The molecular formula is C24H32N2O4. The van der Waals surface area contributed by atoms with Gasteiger partial charge in [-0.05, 0) is 37.8 Å². The predicted octanol–water partition coefficient (Wildman–Crippen LogP) is 3.02. The lowest BCUT2D eigenvalue weighted by Gasteiger charge is -2.21. The monoisotopic (exact) mass is 412 g/mol. The number of hydrogen-bond acceptors (Lipinski definition) is 4. The number of amides is 2. The Bertz CT molecular complexity index is 715. The summed E-state index contributed by atoms with van der Waals surface area (Å²) >= 11 is 0. The predicted molar refractivity (Wildman–Crippen MR) is 116 cm³/mol. The van der Waals surface area contributed by atoms with Crippen molar-refractivity contribution in [3.05, 3.63) is 71.8 Å². The first-order valence-electron chi connectivity index (χ1n) is 10.4. The zero-order valence-electron chi connectivity index (χ0n) is 17.6. The molecule has 0 aliphatic rings. The van der Waals surface area contributed by atoms with E-state index in [1.807, 2.05) is 60.7 Å². The van der Waals surface area contributed by atoms with Crippen molar-refractivity contribution in [2.45, 2.75) is 63.8 Å². The molecule has 2 amide bonds. The minimum atomic E-state index is -0.765. The fraction of sp³-hybridized carbons (Fsp3) is 0.417. The summed E-state index contributed by atoms with van der Waals surface area (Å²) in [4.78, 5) is 24.2. The van der Waals surface area contributed by atoms with Gasteiger partial charge in [0.25, 0.3) is 0 Å². The Balaban J connectivity index is 1.64. The van der Waals surface area contributed by atoms with E-state index in [1.165, 1.54) is 0 Å². The van der Waals surface area contributed by atoms with Crippen LogP contribution in [0.25, 0.3) is 0 Å². The van der Waals surface area contributed by atoms with Gasteiger partial charge in [-0.15, -0.1) is 0 Å². The second-order valence-electron chi connectivity index (χ2n) is 7.63. The van der Waals surface area contributed by atoms with Crippen LogP contribution in [0.4, 0.5) is 0 Å². The Labute approximate surface area is 178 Å². The van der Waals surface area contributed by atoms with E-state index in [0.717, 1.165) is 11.1 Å². The van der Waals surface area contributed by atoms with Gasteiger partial charge in [0, 0.05) is 12.8 Å². The number of benzene rings is 2. The van der Waals surface area contributed by atoms with Crippen molar-refractivity contribution in [2.75, 3.05) is 0 Å². The molecule has 2 rings (SSSR count). The first-order valence-corrected chi connectivity index (χ1v) is 10.4. The Morgan fingerprint density at radius 2 is 1.03 bits per heavy atom. The second-order valence-corrected chi connectivity index (χ2v) is 7.63. The summed E-state index contributed by atoms with van der Waals surface area (Å²) in [6, 6.07) is 17.6. The smallest absolute Gasteiger partial charge is 0.220 e. The summed E-state index contributed by atoms with van der Waals surface area (Å²) in [6.45, 7) is 3.53. The number of hydrogen-bond donors (Lipinski definition) is 4. The lowest BCUT2D eigenvalue weighted by atomic mass is 10.0. The standard InChI is InChI=1S/C24H32N2O4/c1-17(23(29)19-11-5-3-6-12-19)25-21(27)15-9-10-16-22(28)26-18(2)24(30)20-13-7-4-8-14-20/h3-8,11-14,17-18,23-24,29-30H,9-10,15-16H2,1-2H3,(H,25,27)(H,26,28)/t17-,18+,23+,24-. The number of aliphatic hydroxyl groups is 2. The van der Waals surface area contributed by atoms with E-state index < -0.39 is 24.3 Å². The number of carbonyl (C=O) groups excluding carboxylic acids is 2. The van der Waals surface area contributed by atoms with Crippen LogP contribution in [0.1, 0.15) is 62.9 Å². The lowest BCUT2D eigenvalue weighted by molar-refractivity contribution is -0.124. The van der Waals surface area contributed by atoms with Gasteiger partial charge in [-0.3, -0.25) is 9.59 Å². The van der Waals surface area contributed by atoms with E-state index >= 15 is 0 Å². The Morgan fingerprint density at radius 1 is 0.700 bits per heavy atom. The van der Waals surface area contributed by atoms with Crippen molar-refractivity contribution < 1.29 is 19.8 Å². The molecule has 2 aromatic rings. The van der Waals surface area contributed by atoms with Gasteiger partial charge in [0.15, 0.2) is 0 Å². The maximum Gasteiger partial charge on any atom is 0.220 e. The van der Waals surface area contributed by atoms with Gasteiger partial charge in [-0.25, -0.2) is 0 Å². The van der Waals surface area contributed by atoms with Gasteiger partial charge < -0.3 is 20.8 Å². The Morgan fingerprint density at radius 3 is 1.37 bits per heavy atom. The molecule has 0 aliphatic carbocycles. The molecule has 0 spiro atoms. The maximum atomic E-state index is 12.1. The fourth-order valence-electron chi connectivity index (χ4n) is 3.26. The highest BCUT2D eigenvalue weighted by Gasteiger charge is 2.19. The number of unbranched alkanes of at least 4 members (excludes halogenated alkanes) is 1. The summed E-state index contributed by atoms with van der Waals surface area (Å²) < 4.78 is 0. The topological polar surface area (TPSA) is 98.7 Å². The summed E-state index contributed by atoms with van der Waals surface area (Å²) in [6.07, 6.45) is 0.200. The van der Waals surface area contributed by atoms with Crippen molar-refractivity contribution in [1.82, 2.24) is 10.6 Å². The zero-order chi connectivity index (χ0) is 21.9. The average molecular weight is 413 g/mol. The van der Waals surface area contributed by atoms with Crippen LogP contribution in [0, 0.1) is 0 Å². The molecule has 2 aromatic carbocycles. The molecule has 0 bridgehead atoms. The van der Waals surface area contributed by atoms with Crippen LogP contribution < -0.4 is 10.6 Å². The van der Waals surface area contributed by atoms with Crippen molar-refractivity contribution in [2.24, 2.45) is 0 Å². The third kappa shape index (κ3) is 7.61. The van der Waals surface area contributed by atoms with E-state index in [0.29, 0.717) is 25.7 Å². The van der Waals surface area contributed by atoms with E-state index in [-0.39, 0.29) is 11.8 Å². The van der Waals surface area contributed by atoms with E-state index in [1.54, 1.807) is 13.8 Å². The molecule has 0 heterocycles. The van der Waals surface area contributed by atoms with Gasteiger partial charge in [0.05, 0.1) is 24.3 Å². The van der Waals surface area contributed by atoms with Crippen molar-refractivity contribution in [1.29, 1.82) is 0 Å². The molecule has 0 aliphatic heterocycles. The van der Waals surface area contributed by atoms with Crippen LogP contribution in [-0.4, -0.2) is 34.1 Å². The molecule has 0 fully saturated rings. The summed E-state index contributed by atoms with van der Waals surface area (Å²) in [7, 11) is 0. The van der Waals surface area contributed by atoms with Crippen LogP contribution in [0.15, 0.2) is 60.7 Å². The minimum Gasteiger partial charge on any atom is -0.386 e. The van der Waals surface area contributed by atoms with Crippen molar-refractivity contribution in [3.8, 4) is 0 Å². The third-order valence-electron chi connectivity index (χ3n) is 5.06. The van der Waals surface area contributed by atoms with Gasteiger partial charge in [0.2, 0.25) is 11.8 Å². The zero-order valence-corrected chi connectivity index (χ0v) is 17.6. The molecule has 6 heteroatoms. The maximum absolute atomic E-state index is 12.1. The average Bonchev–Trinajstić information content (AvgIpc) is 2.76. The molecule has 6 nitrogen and oxygen atoms in total. The number of rotatable bonds is 11. The summed E-state index contributed by atoms with van der Waals surface area (Å²) in [5, 5.41) is 26.2. The van der Waals surface area contributed by atoms with Crippen LogP contribution >= 0.6 is 0 Å². The number of carbonyl (C=O) groups is 2. The Kier molecular flexibility index (Phi) is 9.51. The van der Waals surface area contributed by atoms with Gasteiger partial charge in [-0.2, -0.15) is 0 Å². The van der Waals surface area contributed by atoms with E-state index in [9.17, 15) is 19.8 Å². The Hall–Kier alpha value is -2.70. The highest BCUT2D eigenvalue weighted by molar-refractivity contribution is 5.77. The van der Waals surface area contributed by atoms with Crippen LogP contribution in [0.2, 0.25) is 0 Å². The fourth-order valence-corrected chi connectivity index (χ4v) is 3.26. The molecule has 4 N–H and O–H groups in total. The molecule has 0 aromatic heterocycles. The van der Waals surface area contributed by atoms with Crippen LogP contribution in [0.5, 0.6) is 0 Å². The van der Waals surface area contributed by atoms with Crippen molar-refractivity contribution in [3.63, 3.8) is 0 Å². The summed E-state index contributed by atoms with van der Waals surface area (Å²) in [5.74, 6) is -0.295. The number of nitrogens with one attached hydrogen (secondary N) is 2. The SMILES string of the molecule is C[C@H](NC(=O)CCCCC(=O)N[C@H](C)[C@H](O)c1ccccc1)[C@@H](O)c1ccccc1.